The number of likely N-dealkylation sites (tertiary alicyclic amines) is 1. The van der Waals surface area contributed by atoms with E-state index in [4.69, 9.17) is 0 Å². The van der Waals surface area contributed by atoms with Gasteiger partial charge in [-0.25, -0.2) is 4.98 Å². The minimum absolute atomic E-state index is 0.0840. The number of amides is 1. The van der Waals surface area contributed by atoms with E-state index >= 15 is 0 Å². The zero-order valence-electron chi connectivity index (χ0n) is 14.9. The molecule has 2 aromatic heterocycles. The van der Waals surface area contributed by atoms with Crippen molar-refractivity contribution in [3.8, 4) is 0 Å². The fourth-order valence-electron chi connectivity index (χ4n) is 3.68. The van der Waals surface area contributed by atoms with Crippen LogP contribution in [0.4, 0.5) is 0 Å². The average Bonchev–Trinajstić information content (AvgIpc) is 2.74. The maximum Gasteiger partial charge on any atom is 0.270 e. The Bertz CT molecular complexity index is 1010. The number of fused-ring (bicyclic) bond motifs is 1. The Labute approximate surface area is 156 Å². The first kappa shape index (κ1) is 17.4. The van der Waals surface area contributed by atoms with Crippen LogP contribution in [0.2, 0.25) is 0 Å². The molecule has 6 nitrogen and oxygen atoms in total. The van der Waals surface area contributed by atoms with E-state index in [-0.39, 0.29) is 22.9 Å². The predicted molar refractivity (Wildman–Crippen MR) is 101 cm³/mol. The Morgan fingerprint density at radius 3 is 2.52 bits per heavy atom. The lowest BCUT2D eigenvalue weighted by atomic mass is 9.87. The molecule has 1 saturated heterocycles. The van der Waals surface area contributed by atoms with Crippen molar-refractivity contribution in [2.75, 3.05) is 13.1 Å². The molecule has 1 fully saturated rings. The van der Waals surface area contributed by atoms with Gasteiger partial charge in [-0.05, 0) is 36.5 Å². The maximum absolute atomic E-state index is 12.8. The third kappa shape index (κ3) is 3.36. The van der Waals surface area contributed by atoms with Crippen LogP contribution in [0.25, 0.3) is 5.65 Å². The number of nitrogens with zero attached hydrogens (tertiary/aromatic N) is 3. The molecule has 0 aliphatic carbocycles. The van der Waals surface area contributed by atoms with Crippen LogP contribution in [0, 0.1) is 5.92 Å². The van der Waals surface area contributed by atoms with Crippen molar-refractivity contribution in [3.63, 3.8) is 0 Å². The van der Waals surface area contributed by atoms with E-state index < -0.39 is 6.10 Å². The van der Waals surface area contributed by atoms with E-state index in [1.807, 2.05) is 30.3 Å². The van der Waals surface area contributed by atoms with Crippen molar-refractivity contribution in [3.05, 3.63) is 82.4 Å². The molecule has 0 spiro atoms. The predicted octanol–water partition coefficient (Wildman–Crippen LogP) is 2.28. The molecule has 0 radical (unpaired) electrons. The molecule has 138 valence electrons. The lowest BCUT2D eigenvalue weighted by molar-refractivity contribution is 0.0461. The highest BCUT2D eigenvalue weighted by Crippen LogP contribution is 2.30. The summed E-state index contributed by atoms with van der Waals surface area (Å²) in [6.07, 6.45) is 3.85. The number of hydrogen-bond donors (Lipinski definition) is 1. The summed E-state index contributed by atoms with van der Waals surface area (Å²) in [6.45, 7) is 1.04. The van der Waals surface area contributed by atoms with Crippen molar-refractivity contribution in [1.82, 2.24) is 14.3 Å². The van der Waals surface area contributed by atoms with Crippen LogP contribution in [0.1, 0.15) is 34.9 Å². The minimum atomic E-state index is -0.531. The fraction of sp³-hybridized carbons (Fsp3) is 0.286. The third-order valence-electron chi connectivity index (χ3n) is 5.26. The molecule has 1 aliphatic heterocycles. The number of carbonyl (C=O) groups is 1. The highest BCUT2D eigenvalue weighted by molar-refractivity contribution is 5.93. The quantitative estimate of drug-likeness (QED) is 0.775. The molecule has 0 saturated carbocycles. The van der Waals surface area contributed by atoms with Gasteiger partial charge in [0.2, 0.25) is 0 Å². The Kier molecular flexibility index (Phi) is 4.73. The van der Waals surface area contributed by atoms with E-state index in [0.29, 0.717) is 31.6 Å². The molecule has 3 heterocycles. The number of piperidine rings is 1. The van der Waals surface area contributed by atoms with Crippen LogP contribution in [-0.2, 0) is 0 Å². The summed E-state index contributed by atoms with van der Waals surface area (Å²) in [5.41, 5.74) is 1.15. The number of aliphatic hydroxyl groups excluding tert-OH is 1. The smallest absolute Gasteiger partial charge is 0.270 e. The fourth-order valence-corrected chi connectivity index (χ4v) is 3.68. The van der Waals surface area contributed by atoms with Crippen molar-refractivity contribution < 1.29 is 9.90 Å². The number of benzene rings is 1. The first-order chi connectivity index (χ1) is 13.1. The average molecular weight is 363 g/mol. The van der Waals surface area contributed by atoms with Gasteiger partial charge in [-0.2, -0.15) is 0 Å². The van der Waals surface area contributed by atoms with Crippen LogP contribution in [0.5, 0.6) is 0 Å². The van der Waals surface area contributed by atoms with Gasteiger partial charge in [-0.1, -0.05) is 36.4 Å². The Morgan fingerprint density at radius 2 is 1.78 bits per heavy atom. The van der Waals surface area contributed by atoms with Crippen LogP contribution in [-0.4, -0.2) is 38.4 Å². The van der Waals surface area contributed by atoms with Gasteiger partial charge in [0, 0.05) is 25.5 Å². The number of pyridine rings is 1. The molecule has 1 aliphatic rings. The second kappa shape index (κ2) is 7.32. The van der Waals surface area contributed by atoms with Crippen molar-refractivity contribution >= 4 is 11.6 Å². The largest absolute Gasteiger partial charge is 0.388 e. The van der Waals surface area contributed by atoms with E-state index in [0.717, 1.165) is 5.56 Å². The zero-order valence-corrected chi connectivity index (χ0v) is 14.9. The molecule has 4 rings (SSSR count). The molecule has 0 bridgehead atoms. The van der Waals surface area contributed by atoms with Gasteiger partial charge in [0.05, 0.1) is 6.10 Å². The van der Waals surface area contributed by atoms with E-state index in [2.05, 4.69) is 4.98 Å². The Balaban J connectivity index is 1.48. The number of aliphatic hydroxyl groups is 1. The summed E-state index contributed by atoms with van der Waals surface area (Å²) in [5, 5.41) is 10.6. The van der Waals surface area contributed by atoms with Gasteiger partial charge in [-0.15, -0.1) is 0 Å². The monoisotopic (exact) mass is 363 g/mol. The third-order valence-corrected chi connectivity index (χ3v) is 5.26. The first-order valence-electron chi connectivity index (χ1n) is 9.14. The lowest BCUT2D eigenvalue weighted by Crippen LogP contribution is -2.42. The van der Waals surface area contributed by atoms with Gasteiger partial charge >= 0.3 is 0 Å². The summed E-state index contributed by atoms with van der Waals surface area (Å²) in [7, 11) is 0. The van der Waals surface area contributed by atoms with Gasteiger partial charge in [0.25, 0.3) is 11.5 Å². The number of aromatic nitrogens is 2. The molecule has 1 aromatic carbocycles. The van der Waals surface area contributed by atoms with Crippen LogP contribution in [0.15, 0.2) is 65.7 Å². The molecule has 3 aromatic rings. The van der Waals surface area contributed by atoms with Gasteiger partial charge in [-0.3, -0.25) is 14.0 Å². The second-order valence-electron chi connectivity index (χ2n) is 6.89. The maximum atomic E-state index is 12.8. The standard InChI is InChI=1S/C21H21N3O3/c25-19(15-6-2-1-3-7-15)16-9-12-23(13-10-16)20(26)17-14-22-18-8-4-5-11-24(18)21(17)27/h1-8,11,14,16,19,25H,9-10,12-13H2. The van der Waals surface area contributed by atoms with Gasteiger partial charge < -0.3 is 10.0 Å². The van der Waals surface area contributed by atoms with E-state index in [1.165, 1.54) is 10.6 Å². The number of rotatable bonds is 3. The lowest BCUT2D eigenvalue weighted by Gasteiger charge is -2.34. The zero-order chi connectivity index (χ0) is 18.8. The van der Waals surface area contributed by atoms with Crippen LogP contribution >= 0.6 is 0 Å². The molecular weight excluding hydrogens is 342 g/mol. The molecule has 6 heteroatoms. The van der Waals surface area contributed by atoms with Gasteiger partial charge in [0.1, 0.15) is 11.2 Å². The summed E-state index contributed by atoms with van der Waals surface area (Å²) in [5.74, 6) is -0.189. The molecule has 1 amide bonds. The van der Waals surface area contributed by atoms with E-state index in [1.54, 1.807) is 29.3 Å². The van der Waals surface area contributed by atoms with Crippen molar-refractivity contribution in [1.29, 1.82) is 0 Å². The molecule has 1 unspecified atom stereocenters. The second-order valence-corrected chi connectivity index (χ2v) is 6.89. The van der Waals surface area contributed by atoms with Crippen LogP contribution < -0.4 is 5.56 Å². The molecular formula is C21H21N3O3. The topological polar surface area (TPSA) is 74.9 Å². The summed E-state index contributed by atoms with van der Waals surface area (Å²) in [6, 6.07) is 14.9. The number of hydrogen-bond acceptors (Lipinski definition) is 4. The number of carbonyl (C=O) groups excluding carboxylic acids is 1. The minimum Gasteiger partial charge on any atom is -0.388 e. The molecule has 27 heavy (non-hydrogen) atoms. The van der Waals surface area contributed by atoms with Gasteiger partial charge in [0.15, 0.2) is 0 Å². The van der Waals surface area contributed by atoms with Crippen molar-refractivity contribution in [2.45, 2.75) is 18.9 Å². The molecule has 1 atom stereocenters. The summed E-state index contributed by atoms with van der Waals surface area (Å²) in [4.78, 5) is 31.3. The van der Waals surface area contributed by atoms with E-state index in [9.17, 15) is 14.7 Å². The van der Waals surface area contributed by atoms with Crippen molar-refractivity contribution in [2.24, 2.45) is 5.92 Å². The Morgan fingerprint density at radius 1 is 1.07 bits per heavy atom. The first-order valence-corrected chi connectivity index (χ1v) is 9.14. The Hall–Kier alpha value is -2.99. The van der Waals surface area contributed by atoms with Crippen LogP contribution in [0.3, 0.4) is 0 Å². The summed E-state index contributed by atoms with van der Waals surface area (Å²) < 4.78 is 1.39. The highest BCUT2D eigenvalue weighted by Gasteiger charge is 2.29. The SMILES string of the molecule is O=C(c1cnc2ccccn2c1=O)N1CCC(C(O)c2ccccc2)CC1. The highest BCUT2D eigenvalue weighted by atomic mass is 16.3. The summed E-state index contributed by atoms with van der Waals surface area (Å²) >= 11 is 0. The molecule has 1 N–H and O–H groups in total. The normalized spacial score (nSPS) is 16.4.